The highest BCUT2D eigenvalue weighted by Crippen LogP contribution is 2.30. The summed E-state index contributed by atoms with van der Waals surface area (Å²) in [4.78, 5) is 30.2. The fourth-order valence-corrected chi connectivity index (χ4v) is 3.89. The molecule has 0 bridgehead atoms. The predicted molar refractivity (Wildman–Crippen MR) is 116 cm³/mol. The molecule has 2 aromatic heterocycles. The average molecular weight is 414 g/mol. The molecule has 30 heavy (non-hydrogen) atoms. The number of amides is 2. The summed E-state index contributed by atoms with van der Waals surface area (Å²) < 4.78 is 7.51. The first kappa shape index (κ1) is 22.2. The van der Waals surface area contributed by atoms with E-state index in [1.165, 1.54) is 0 Å². The number of hydrogen-bond acceptors (Lipinski definition) is 3. The number of nitrogens with zero attached hydrogens (tertiary/aromatic N) is 3. The third-order valence-corrected chi connectivity index (χ3v) is 6.01. The first-order valence-corrected chi connectivity index (χ1v) is 11.2. The summed E-state index contributed by atoms with van der Waals surface area (Å²) in [6.07, 6.45) is 9.47. The summed E-state index contributed by atoms with van der Waals surface area (Å²) >= 11 is 0. The Bertz CT molecular complexity index is 808. The van der Waals surface area contributed by atoms with Crippen LogP contribution >= 0.6 is 0 Å². The quantitative estimate of drug-likeness (QED) is 0.520. The lowest BCUT2D eigenvalue weighted by atomic mass is 9.97. The van der Waals surface area contributed by atoms with Gasteiger partial charge in [-0.05, 0) is 49.9 Å². The summed E-state index contributed by atoms with van der Waals surface area (Å²) in [5.41, 5.74) is 1.05. The van der Waals surface area contributed by atoms with Gasteiger partial charge >= 0.3 is 0 Å². The SMILES string of the molecule is CCCC[C@@H](CC)C(=O)N(CC(=O)N(Cc1ccco1)Cc1cccn1C)C1CC1. The standard InChI is InChI=1S/C24H35N3O3/c1-4-6-9-19(5-2)24(29)27(20-12-13-20)18-23(28)26(17-22-11-8-15-30-22)16-21-10-7-14-25(21)3/h7-8,10-11,14-15,19-20H,4-6,9,12-13,16-18H2,1-3H3/t19-/m1/s1. The fourth-order valence-electron chi connectivity index (χ4n) is 3.89. The van der Waals surface area contributed by atoms with E-state index >= 15 is 0 Å². The highest BCUT2D eigenvalue weighted by atomic mass is 16.3. The van der Waals surface area contributed by atoms with Crippen molar-refractivity contribution >= 4 is 11.8 Å². The largest absolute Gasteiger partial charge is 0.467 e. The molecule has 0 aromatic carbocycles. The molecule has 0 saturated heterocycles. The van der Waals surface area contributed by atoms with E-state index in [-0.39, 0.29) is 30.3 Å². The molecule has 0 radical (unpaired) electrons. The van der Waals surface area contributed by atoms with Gasteiger partial charge in [-0.2, -0.15) is 0 Å². The minimum atomic E-state index is -0.0294. The monoisotopic (exact) mass is 413 g/mol. The Kier molecular flexibility index (Phi) is 7.77. The Hall–Kier alpha value is -2.50. The zero-order valence-corrected chi connectivity index (χ0v) is 18.5. The summed E-state index contributed by atoms with van der Waals surface area (Å²) in [5.74, 6) is 0.887. The number of furan rings is 1. The van der Waals surface area contributed by atoms with Crippen molar-refractivity contribution in [2.45, 2.75) is 71.5 Å². The number of hydrogen-bond donors (Lipinski definition) is 0. The first-order valence-electron chi connectivity index (χ1n) is 11.2. The predicted octanol–water partition coefficient (Wildman–Crippen LogP) is 4.35. The van der Waals surface area contributed by atoms with Gasteiger partial charge in [-0.3, -0.25) is 9.59 Å². The third-order valence-electron chi connectivity index (χ3n) is 6.01. The Morgan fingerprint density at radius 3 is 2.57 bits per heavy atom. The Labute approximate surface area is 179 Å². The second-order valence-corrected chi connectivity index (χ2v) is 8.38. The van der Waals surface area contributed by atoms with Crippen molar-refractivity contribution < 1.29 is 14.0 Å². The van der Waals surface area contributed by atoms with Crippen LogP contribution in [-0.4, -0.2) is 38.8 Å². The van der Waals surface area contributed by atoms with Crippen LogP contribution in [0.4, 0.5) is 0 Å². The fraction of sp³-hybridized carbons (Fsp3) is 0.583. The van der Waals surface area contributed by atoms with E-state index in [2.05, 4.69) is 13.8 Å². The van der Waals surface area contributed by atoms with Gasteiger partial charge in [0.1, 0.15) is 12.3 Å². The van der Waals surface area contributed by atoms with Crippen molar-refractivity contribution in [2.24, 2.45) is 13.0 Å². The number of unbranched alkanes of at least 4 members (excludes halogenated alkanes) is 1. The number of carbonyl (C=O) groups excluding carboxylic acids is 2. The molecule has 0 N–H and O–H groups in total. The second kappa shape index (κ2) is 10.5. The van der Waals surface area contributed by atoms with Crippen LogP contribution in [0.5, 0.6) is 0 Å². The maximum Gasteiger partial charge on any atom is 0.242 e. The highest BCUT2D eigenvalue weighted by molar-refractivity contribution is 5.86. The molecule has 2 amide bonds. The summed E-state index contributed by atoms with van der Waals surface area (Å²) in [5, 5.41) is 0. The average Bonchev–Trinajstić information content (AvgIpc) is 3.30. The van der Waals surface area contributed by atoms with E-state index in [9.17, 15) is 9.59 Å². The number of aromatic nitrogens is 1. The van der Waals surface area contributed by atoms with Gasteiger partial charge in [-0.25, -0.2) is 0 Å². The molecule has 0 unspecified atom stereocenters. The topological polar surface area (TPSA) is 58.7 Å². The molecular formula is C24H35N3O3. The second-order valence-electron chi connectivity index (χ2n) is 8.38. The van der Waals surface area contributed by atoms with E-state index in [4.69, 9.17) is 4.42 Å². The lowest BCUT2D eigenvalue weighted by molar-refractivity contribution is -0.144. The van der Waals surface area contributed by atoms with Gasteiger partial charge in [-0.15, -0.1) is 0 Å². The summed E-state index contributed by atoms with van der Waals surface area (Å²) in [6, 6.07) is 7.93. The molecule has 3 rings (SSSR count). The molecule has 1 fully saturated rings. The minimum absolute atomic E-state index is 0.0183. The highest BCUT2D eigenvalue weighted by Gasteiger charge is 2.37. The van der Waals surface area contributed by atoms with Crippen LogP contribution in [0.25, 0.3) is 0 Å². The van der Waals surface area contributed by atoms with Crippen molar-refractivity contribution in [1.82, 2.24) is 14.4 Å². The summed E-state index contributed by atoms with van der Waals surface area (Å²) in [6.45, 7) is 5.26. The molecule has 6 heteroatoms. The Balaban J connectivity index is 1.73. The molecule has 164 valence electrons. The van der Waals surface area contributed by atoms with E-state index in [0.29, 0.717) is 13.1 Å². The molecule has 0 aliphatic heterocycles. The van der Waals surface area contributed by atoms with Gasteiger partial charge < -0.3 is 18.8 Å². The summed E-state index contributed by atoms with van der Waals surface area (Å²) in [7, 11) is 1.98. The molecule has 1 saturated carbocycles. The zero-order chi connectivity index (χ0) is 21.5. The molecule has 1 aliphatic rings. The van der Waals surface area contributed by atoms with Crippen LogP contribution < -0.4 is 0 Å². The lowest BCUT2D eigenvalue weighted by Crippen LogP contribution is -2.45. The molecule has 1 aliphatic carbocycles. The van der Waals surface area contributed by atoms with Gasteiger partial charge in [0, 0.05) is 30.9 Å². The van der Waals surface area contributed by atoms with Crippen molar-refractivity contribution in [3.8, 4) is 0 Å². The van der Waals surface area contributed by atoms with Crippen molar-refractivity contribution in [3.63, 3.8) is 0 Å². The maximum atomic E-state index is 13.4. The van der Waals surface area contributed by atoms with Crippen molar-refractivity contribution in [2.75, 3.05) is 6.54 Å². The number of carbonyl (C=O) groups is 2. The molecule has 1 atom stereocenters. The third kappa shape index (κ3) is 5.77. The molecule has 2 aromatic rings. The molecule has 2 heterocycles. The van der Waals surface area contributed by atoms with Gasteiger partial charge in [0.25, 0.3) is 0 Å². The van der Waals surface area contributed by atoms with Crippen LogP contribution in [0.3, 0.4) is 0 Å². The zero-order valence-electron chi connectivity index (χ0n) is 18.5. The smallest absolute Gasteiger partial charge is 0.242 e. The molecule has 6 nitrogen and oxygen atoms in total. The van der Waals surface area contributed by atoms with Gasteiger partial charge in [0.05, 0.1) is 19.4 Å². The van der Waals surface area contributed by atoms with Gasteiger partial charge in [0.2, 0.25) is 11.8 Å². The number of rotatable bonds is 12. The van der Waals surface area contributed by atoms with Crippen LogP contribution in [0.2, 0.25) is 0 Å². The van der Waals surface area contributed by atoms with Crippen molar-refractivity contribution in [1.29, 1.82) is 0 Å². The van der Waals surface area contributed by atoms with Crippen LogP contribution in [-0.2, 0) is 29.7 Å². The number of aryl methyl sites for hydroxylation is 1. The van der Waals surface area contributed by atoms with E-state index in [1.807, 2.05) is 47.0 Å². The Morgan fingerprint density at radius 2 is 2.00 bits per heavy atom. The van der Waals surface area contributed by atoms with Crippen LogP contribution in [0.1, 0.15) is 63.8 Å². The molecular weight excluding hydrogens is 378 g/mol. The Morgan fingerprint density at radius 1 is 1.20 bits per heavy atom. The van der Waals surface area contributed by atoms with E-state index in [1.54, 1.807) is 11.2 Å². The lowest BCUT2D eigenvalue weighted by Gasteiger charge is -2.30. The van der Waals surface area contributed by atoms with Gasteiger partial charge in [0.15, 0.2) is 0 Å². The maximum absolute atomic E-state index is 13.4. The molecule has 0 spiro atoms. The van der Waals surface area contributed by atoms with Crippen molar-refractivity contribution in [3.05, 3.63) is 48.2 Å². The normalized spacial score (nSPS) is 14.5. The van der Waals surface area contributed by atoms with Crippen LogP contribution in [0.15, 0.2) is 41.1 Å². The van der Waals surface area contributed by atoms with E-state index < -0.39 is 0 Å². The van der Waals surface area contributed by atoms with Gasteiger partial charge in [-0.1, -0.05) is 26.7 Å². The first-order chi connectivity index (χ1) is 14.5. The van der Waals surface area contributed by atoms with E-state index in [0.717, 1.165) is 50.0 Å². The van der Waals surface area contributed by atoms with Crippen LogP contribution in [0, 0.1) is 5.92 Å². The minimum Gasteiger partial charge on any atom is -0.467 e.